The van der Waals surface area contributed by atoms with E-state index in [1.54, 1.807) is 7.11 Å². The molecule has 3 rings (SSSR count). The Bertz CT molecular complexity index is 723. The minimum absolute atomic E-state index is 0.130. The van der Waals surface area contributed by atoms with E-state index in [1.807, 2.05) is 59.5 Å². The van der Waals surface area contributed by atoms with E-state index in [0.717, 1.165) is 17.0 Å². The Hall–Kier alpha value is -2.62. The van der Waals surface area contributed by atoms with Crippen LogP contribution in [0, 0.1) is 0 Å². The summed E-state index contributed by atoms with van der Waals surface area (Å²) in [7, 11) is 1.61. The predicted molar refractivity (Wildman–Crippen MR) is 88.7 cm³/mol. The van der Waals surface area contributed by atoms with Crippen molar-refractivity contribution in [1.29, 1.82) is 0 Å². The molecule has 1 unspecified atom stereocenters. The van der Waals surface area contributed by atoms with Crippen molar-refractivity contribution >= 4 is 17.3 Å². The molecule has 1 saturated heterocycles. The molecule has 0 spiro atoms. The molecule has 0 bridgehead atoms. The molecule has 0 aliphatic carbocycles. The van der Waals surface area contributed by atoms with Gasteiger partial charge < -0.3 is 9.64 Å². The first kappa shape index (κ1) is 15.3. The van der Waals surface area contributed by atoms with Crippen molar-refractivity contribution < 1.29 is 14.3 Å². The average Bonchev–Trinajstić information content (AvgIpc) is 3.27. The molecule has 23 heavy (non-hydrogen) atoms. The summed E-state index contributed by atoms with van der Waals surface area (Å²) in [4.78, 5) is 26.6. The zero-order valence-corrected chi connectivity index (χ0v) is 13.4. The second kappa shape index (κ2) is 5.54. The number of benzene rings is 2. The van der Waals surface area contributed by atoms with Gasteiger partial charge in [0, 0.05) is 5.69 Å². The molecule has 1 aliphatic heterocycles. The Morgan fingerprint density at radius 3 is 2.00 bits per heavy atom. The lowest BCUT2D eigenvalue weighted by molar-refractivity contribution is -0.128. The van der Waals surface area contributed by atoms with Crippen molar-refractivity contribution in [3.8, 4) is 5.75 Å². The topological polar surface area (TPSA) is 46.4 Å². The van der Waals surface area contributed by atoms with E-state index < -0.39 is 5.54 Å². The third-order valence-electron chi connectivity index (χ3n) is 4.51. The van der Waals surface area contributed by atoms with Crippen LogP contribution in [0.5, 0.6) is 5.75 Å². The highest BCUT2D eigenvalue weighted by atomic mass is 16.5. The molecule has 4 heteroatoms. The first-order valence-corrected chi connectivity index (χ1v) is 7.54. The number of hydrogen-bond donors (Lipinski definition) is 0. The minimum atomic E-state index is -1.10. The number of rotatable bonds is 5. The first-order valence-electron chi connectivity index (χ1n) is 7.54. The Morgan fingerprint density at radius 2 is 1.52 bits per heavy atom. The molecule has 0 aromatic heterocycles. The number of anilines is 1. The predicted octanol–water partition coefficient (Wildman–Crippen LogP) is 3.17. The summed E-state index contributed by atoms with van der Waals surface area (Å²) in [6, 6.07) is 16.8. The maximum absolute atomic E-state index is 12.4. The van der Waals surface area contributed by atoms with Gasteiger partial charge in [0.15, 0.2) is 17.1 Å². The smallest absolute Gasteiger partial charge is 0.182 e. The number of hydrogen-bond acceptors (Lipinski definition) is 4. The highest BCUT2D eigenvalue weighted by Crippen LogP contribution is 2.57. The largest absolute Gasteiger partial charge is 0.497 e. The molecule has 1 fully saturated rings. The van der Waals surface area contributed by atoms with Crippen LogP contribution in [0.3, 0.4) is 0 Å². The average molecular weight is 309 g/mol. The monoisotopic (exact) mass is 309 g/mol. The summed E-state index contributed by atoms with van der Waals surface area (Å²) in [5.74, 6) is 0.479. The lowest BCUT2D eigenvalue weighted by atomic mass is 9.92. The van der Waals surface area contributed by atoms with Crippen LogP contribution in [0.25, 0.3) is 0 Å². The van der Waals surface area contributed by atoms with Gasteiger partial charge in [-0.05, 0) is 43.7 Å². The van der Waals surface area contributed by atoms with E-state index in [0.29, 0.717) is 0 Å². The number of ketones is 2. The van der Waals surface area contributed by atoms with Crippen molar-refractivity contribution in [2.45, 2.75) is 25.4 Å². The van der Waals surface area contributed by atoms with E-state index in [4.69, 9.17) is 4.74 Å². The van der Waals surface area contributed by atoms with Crippen LogP contribution >= 0.6 is 0 Å². The number of carbonyl (C=O) groups excluding carboxylic acids is 2. The summed E-state index contributed by atoms with van der Waals surface area (Å²) in [5, 5.41) is 0. The molecule has 0 N–H and O–H groups in total. The SMILES string of the molecule is COc1ccc(N2C(c3ccccc3)C2(C(C)=O)C(C)=O)cc1. The summed E-state index contributed by atoms with van der Waals surface area (Å²) >= 11 is 0. The Labute approximate surface area is 135 Å². The van der Waals surface area contributed by atoms with E-state index in [1.165, 1.54) is 13.8 Å². The fourth-order valence-electron chi connectivity index (χ4n) is 3.39. The van der Waals surface area contributed by atoms with Gasteiger partial charge in [0.2, 0.25) is 0 Å². The summed E-state index contributed by atoms with van der Waals surface area (Å²) < 4.78 is 5.18. The van der Waals surface area contributed by atoms with Crippen molar-refractivity contribution in [2.75, 3.05) is 12.0 Å². The van der Waals surface area contributed by atoms with Gasteiger partial charge in [0.25, 0.3) is 0 Å². The number of nitrogens with zero attached hydrogens (tertiary/aromatic N) is 1. The van der Waals surface area contributed by atoms with Crippen LogP contribution in [-0.2, 0) is 9.59 Å². The summed E-state index contributed by atoms with van der Waals surface area (Å²) in [6.07, 6.45) is 0. The van der Waals surface area contributed by atoms with E-state index >= 15 is 0 Å². The lowest BCUT2D eigenvalue weighted by Crippen LogP contribution is -2.35. The molecule has 2 aromatic carbocycles. The van der Waals surface area contributed by atoms with Crippen molar-refractivity contribution in [3.05, 3.63) is 60.2 Å². The van der Waals surface area contributed by atoms with Gasteiger partial charge >= 0.3 is 0 Å². The van der Waals surface area contributed by atoms with E-state index in [-0.39, 0.29) is 17.6 Å². The number of ether oxygens (including phenoxy) is 1. The third-order valence-corrected chi connectivity index (χ3v) is 4.51. The van der Waals surface area contributed by atoms with Crippen LogP contribution in [0.2, 0.25) is 0 Å². The quantitative estimate of drug-likeness (QED) is 0.628. The van der Waals surface area contributed by atoms with Crippen LogP contribution in [0.4, 0.5) is 5.69 Å². The zero-order valence-electron chi connectivity index (χ0n) is 13.4. The van der Waals surface area contributed by atoms with Crippen molar-refractivity contribution in [1.82, 2.24) is 0 Å². The van der Waals surface area contributed by atoms with Crippen molar-refractivity contribution in [2.24, 2.45) is 0 Å². The normalized spacial score (nSPS) is 18.4. The van der Waals surface area contributed by atoms with E-state index in [9.17, 15) is 9.59 Å². The van der Waals surface area contributed by atoms with Gasteiger partial charge in [-0.2, -0.15) is 0 Å². The van der Waals surface area contributed by atoms with Gasteiger partial charge in [-0.25, -0.2) is 0 Å². The number of carbonyl (C=O) groups is 2. The molecule has 1 aliphatic rings. The molecular formula is C19H19NO3. The molecule has 0 amide bonds. The van der Waals surface area contributed by atoms with Gasteiger partial charge in [-0.1, -0.05) is 30.3 Å². The fourth-order valence-corrected chi connectivity index (χ4v) is 3.39. The van der Waals surface area contributed by atoms with Gasteiger partial charge in [-0.3, -0.25) is 9.59 Å². The Kier molecular flexibility index (Phi) is 3.68. The van der Waals surface area contributed by atoms with Crippen LogP contribution in [0.1, 0.15) is 25.5 Å². The van der Waals surface area contributed by atoms with Gasteiger partial charge in [0.05, 0.1) is 13.2 Å². The van der Waals surface area contributed by atoms with Crippen molar-refractivity contribution in [3.63, 3.8) is 0 Å². The van der Waals surface area contributed by atoms with Crippen LogP contribution < -0.4 is 9.64 Å². The second-order valence-corrected chi connectivity index (χ2v) is 5.76. The standard InChI is InChI=1S/C19H19NO3/c1-13(21)19(14(2)22)18(15-7-5-4-6-8-15)20(19)16-9-11-17(23-3)12-10-16/h4-12,18H,1-3H3. The van der Waals surface area contributed by atoms with Gasteiger partial charge in [0.1, 0.15) is 5.75 Å². The van der Waals surface area contributed by atoms with Crippen LogP contribution in [-0.4, -0.2) is 24.2 Å². The molecule has 2 aromatic rings. The molecule has 1 heterocycles. The number of Topliss-reactive ketones (excluding diaryl/α,β-unsaturated/α-hetero) is 2. The minimum Gasteiger partial charge on any atom is -0.497 e. The molecule has 0 saturated carbocycles. The van der Waals surface area contributed by atoms with E-state index in [2.05, 4.69) is 0 Å². The lowest BCUT2D eigenvalue weighted by Gasteiger charge is -2.12. The molecule has 118 valence electrons. The highest BCUT2D eigenvalue weighted by Gasteiger charge is 2.70. The summed E-state index contributed by atoms with van der Waals surface area (Å²) in [5.41, 5.74) is 0.703. The first-order chi connectivity index (χ1) is 11.0. The maximum Gasteiger partial charge on any atom is 0.182 e. The molecule has 0 radical (unpaired) electrons. The van der Waals surface area contributed by atoms with Crippen LogP contribution in [0.15, 0.2) is 54.6 Å². The van der Waals surface area contributed by atoms with Gasteiger partial charge in [-0.15, -0.1) is 0 Å². The highest BCUT2D eigenvalue weighted by molar-refractivity contribution is 6.19. The molecule has 4 nitrogen and oxygen atoms in total. The number of methoxy groups -OCH3 is 1. The zero-order chi connectivity index (χ0) is 16.6. The Balaban J connectivity index is 2.08. The Morgan fingerprint density at radius 1 is 0.957 bits per heavy atom. The fraction of sp³-hybridized carbons (Fsp3) is 0.263. The maximum atomic E-state index is 12.4. The summed E-state index contributed by atoms with van der Waals surface area (Å²) in [6.45, 7) is 2.97. The molecule has 1 atom stereocenters. The second-order valence-electron chi connectivity index (χ2n) is 5.76. The third kappa shape index (κ3) is 2.22. The molecular weight excluding hydrogens is 290 g/mol.